The molecule has 0 bridgehead atoms. The van der Waals surface area contributed by atoms with Crippen LogP contribution in [0.2, 0.25) is 0 Å². The van der Waals surface area contributed by atoms with Crippen molar-refractivity contribution in [2.24, 2.45) is 0 Å². The zero-order chi connectivity index (χ0) is 44.2. The second-order valence-corrected chi connectivity index (χ2v) is 18.4. The maximum absolute atomic E-state index is 12.7. The van der Waals surface area contributed by atoms with Gasteiger partial charge in [0.2, 0.25) is 0 Å². The molecule has 2 atom stereocenters. The zero-order valence-corrected chi connectivity index (χ0v) is 40.1. The molecule has 0 saturated heterocycles. The van der Waals surface area contributed by atoms with Crippen molar-refractivity contribution in [3.63, 3.8) is 0 Å². The van der Waals surface area contributed by atoms with Crippen LogP contribution in [0.25, 0.3) is 0 Å². The summed E-state index contributed by atoms with van der Waals surface area (Å²) < 4.78 is 17.2. The molecule has 0 rings (SSSR count). The van der Waals surface area contributed by atoms with Gasteiger partial charge in [-0.3, -0.25) is 9.59 Å². The molecule has 0 N–H and O–H groups in total. The third kappa shape index (κ3) is 41.2. The van der Waals surface area contributed by atoms with E-state index in [1.165, 1.54) is 141 Å². The van der Waals surface area contributed by atoms with Crippen LogP contribution in [0.4, 0.5) is 0 Å². The number of unbranched alkanes of at least 4 members (excludes halogenated alkanes) is 28. The fourth-order valence-corrected chi connectivity index (χ4v) is 7.63. The summed E-state index contributed by atoms with van der Waals surface area (Å²) >= 11 is 0. The Morgan fingerprint density at radius 3 is 1.32 bits per heavy atom. The number of carboxylic acids is 1. The third-order valence-corrected chi connectivity index (χ3v) is 11.6. The minimum Gasteiger partial charge on any atom is -0.544 e. The van der Waals surface area contributed by atoms with Gasteiger partial charge in [-0.1, -0.05) is 199 Å². The Morgan fingerprint density at radius 1 is 0.500 bits per heavy atom. The number of esters is 2. The minimum atomic E-state index is -1.12. The van der Waals surface area contributed by atoms with Crippen LogP contribution in [0.15, 0.2) is 24.3 Å². The van der Waals surface area contributed by atoms with Crippen molar-refractivity contribution >= 4 is 17.9 Å². The Hall–Kier alpha value is -2.19. The molecule has 0 amide bonds. The highest BCUT2D eigenvalue weighted by molar-refractivity contribution is 5.70. The molecule has 0 aromatic rings. The first-order valence-electron chi connectivity index (χ1n) is 25.4. The molecule has 0 aromatic heterocycles. The molecule has 0 spiro atoms. The number of carbonyl (C=O) groups excluding carboxylic acids is 3. The van der Waals surface area contributed by atoms with E-state index in [1.807, 2.05) is 0 Å². The Kier molecular flexibility index (Phi) is 41.9. The van der Waals surface area contributed by atoms with Crippen LogP contribution < -0.4 is 5.11 Å². The standard InChI is InChI=1S/C52H97NO7/c1-6-8-10-12-14-16-18-20-22-23-24-25-26-27-29-30-32-34-36-38-40-42-50(54)59-47-48(46-58-45-44-49(52(56)57)53(3,4)5)60-51(55)43-41-39-37-35-33-31-28-21-19-17-15-13-11-9-7-2/h15,17,21,28,48-49H,6-14,16,18-20,22-27,29-47H2,1-5H3/b17-15-,28-21-. The van der Waals surface area contributed by atoms with Crippen molar-refractivity contribution in [3.05, 3.63) is 24.3 Å². The Labute approximate surface area is 371 Å². The fourth-order valence-electron chi connectivity index (χ4n) is 7.63. The quantitative estimate of drug-likeness (QED) is 0.0260. The lowest BCUT2D eigenvalue weighted by molar-refractivity contribution is -0.889. The van der Waals surface area contributed by atoms with Crippen molar-refractivity contribution in [2.75, 3.05) is 41.0 Å². The average Bonchev–Trinajstić information content (AvgIpc) is 3.21. The molecule has 60 heavy (non-hydrogen) atoms. The first kappa shape index (κ1) is 57.8. The van der Waals surface area contributed by atoms with Gasteiger partial charge in [0.25, 0.3) is 0 Å². The van der Waals surface area contributed by atoms with Crippen LogP contribution in [0.3, 0.4) is 0 Å². The van der Waals surface area contributed by atoms with Gasteiger partial charge in [-0.05, 0) is 44.9 Å². The number of rotatable bonds is 46. The summed E-state index contributed by atoms with van der Waals surface area (Å²) in [6.45, 7) is 4.66. The van der Waals surface area contributed by atoms with Gasteiger partial charge in [0.1, 0.15) is 12.6 Å². The zero-order valence-electron chi connectivity index (χ0n) is 40.1. The van der Waals surface area contributed by atoms with Gasteiger partial charge in [-0.2, -0.15) is 0 Å². The summed E-state index contributed by atoms with van der Waals surface area (Å²) in [5.74, 6) is -1.74. The molecule has 0 fully saturated rings. The van der Waals surface area contributed by atoms with Gasteiger partial charge in [0, 0.05) is 19.3 Å². The van der Waals surface area contributed by atoms with E-state index in [4.69, 9.17) is 14.2 Å². The van der Waals surface area contributed by atoms with Crippen molar-refractivity contribution in [1.29, 1.82) is 0 Å². The SMILES string of the molecule is CCCCC/C=C\C/C=C\CCCCCCCC(=O)OC(COCCC(C(=O)[O-])[N+](C)(C)C)COC(=O)CCCCCCCCCCCCCCCCCCCCCCC. The second kappa shape index (κ2) is 43.5. The van der Waals surface area contributed by atoms with Crippen LogP contribution in [0.5, 0.6) is 0 Å². The van der Waals surface area contributed by atoms with Crippen LogP contribution in [-0.2, 0) is 28.6 Å². The van der Waals surface area contributed by atoms with Crippen LogP contribution in [0.1, 0.15) is 239 Å². The van der Waals surface area contributed by atoms with Gasteiger partial charge < -0.3 is 28.6 Å². The van der Waals surface area contributed by atoms with Crippen molar-refractivity contribution in [1.82, 2.24) is 0 Å². The van der Waals surface area contributed by atoms with Gasteiger partial charge in [0.15, 0.2) is 6.10 Å². The number of aliphatic carboxylic acids is 1. The Morgan fingerprint density at radius 2 is 0.883 bits per heavy atom. The van der Waals surface area contributed by atoms with Crippen molar-refractivity contribution in [3.8, 4) is 0 Å². The number of nitrogens with zero attached hydrogens (tertiary/aromatic N) is 1. The average molecular weight is 848 g/mol. The summed E-state index contributed by atoms with van der Waals surface area (Å²) in [6.07, 6.45) is 49.2. The smallest absolute Gasteiger partial charge is 0.306 e. The minimum absolute atomic E-state index is 0.0391. The van der Waals surface area contributed by atoms with E-state index in [1.54, 1.807) is 21.1 Å². The number of likely N-dealkylation sites (N-methyl/N-ethyl adjacent to an activating group) is 1. The molecule has 0 saturated carbocycles. The highest BCUT2D eigenvalue weighted by Gasteiger charge is 2.25. The molecule has 8 nitrogen and oxygen atoms in total. The fraction of sp³-hybridized carbons (Fsp3) is 0.865. The van der Waals surface area contributed by atoms with Gasteiger partial charge in [-0.15, -0.1) is 0 Å². The highest BCUT2D eigenvalue weighted by Crippen LogP contribution is 2.16. The lowest BCUT2D eigenvalue weighted by Crippen LogP contribution is -2.55. The Bertz CT molecular complexity index is 1040. The topological polar surface area (TPSA) is 102 Å². The molecule has 0 radical (unpaired) electrons. The number of carbonyl (C=O) groups is 3. The second-order valence-electron chi connectivity index (χ2n) is 18.4. The largest absolute Gasteiger partial charge is 0.544 e. The molecule has 352 valence electrons. The van der Waals surface area contributed by atoms with E-state index in [9.17, 15) is 19.5 Å². The molecule has 0 aliphatic heterocycles. The maximum Gasteiger partial charge on any atom is 0.306 e. The molecule has 0 aliphatic carbocycles. The summed E-state index contributed by atoms with van der Waals surface area (Å²) in [5, 5.41) is 11.6. The summed E-state index contributed by atoms with van der Waals surface area (Å²) in [7, 11) is 5.41. The lowest BCUT2D eigenvalue weighted by atomic mass is 10.0. The van der Waals surface area contributed by atoms with Crippen LogP contribution in [0, 0.1) is 0 Å². The van der Waals surface area contributed by atoms with Crippen LogP contribution in [-0.4, -0.2) is 75.5 Å². The number of allylic oxidation sites excluding steroid dienone is 4. The Balaban J connectivity index is 4.20. The number of quaternary nitrogens is 1. The maximum atomic E-state index is 12.7. The van der Waals surface area contributed by atoms with Crippen molar-refractivity contribution in [2.45, 2.75) is 251 Å². The molecule has 2 unspecified atom stereocenters. The summed E-state index contributed by atoms with van der Waals surface area (Å²) in [4.78, 5) is 37.0. The number of carboxylic acid groups (broad SMARTS) is 1. The van der Waals surface area contributed by atoms with Crippen LogP contribution >= 0.6 is 0 Å². The van der Waals surface area contributed by atoms with Gasteiger partial charge in [0.05, 0.1) is 40.3 Å². The van der Waals surface area contributed by atoms with E-state index >= 15 is 0 Å². The normalized spacial score (nSPS) is 13.0. The van der Waals surface area contributed by atoms with E-state index in [0.717, 1.165) is 64.2 Å². The predicted molar refractivity (Wildman–Crippen MR) is 250 cm³/mol. The molecule has 0 heterocycles. The highest BCUT2D eigenvalue weighted by atomic mass is 16.6. The molecule has 8 heteroatoms. The lowest BCUT2D eigenvalue weighted by Gasteiger charge is -2.34. The number of hydrogen-bond donors (Lipinski definition) is 0. The first-order valence-corrected chi connectivity index (χ1v) is 25.4. The summed E-state index contributed by atoms with van der Waals surface area (Å²) in [5.41, 5.74) is 0. The van der Waals surface area contributed by atoms with Crippen molar-refractivity contribution < 1.29 is 38.2 Å². The number of hydrogen-bond acceptors (Lipinski definition) is 7. The van der Waals surface area contributed by atoms with E-state index < -0.39 is 18.1 Å². The molecular formula is C52H97NO7. The first-order chi connectivity index (χ1) is 29.1. The third-order valence-electron chi connectivity index (χ3n) is 11.6. The summed E-state index contributed by atoms with van der Waals surface area (Å²) in [6, 6.07) is -0.726. The number of ether oxygens (including phenoxy) is 3. The molecule has 0 aromatic carbocycles. The van der Waals surface area contributed by atoms with E-state index in [-0.39, 0.29) is 42.7 Å². The van der Waals surface area contributed by atoms with E-state index in [0.29, 0.717) is 12.8 Å². The predicted octanol–water partition coefficient (Wildman–Crippen LogP) is 13.1. The molecular weight excluding hydrogens is 751 g/mol. The van der Waals surface area contributed by atoms with Gasteiger partial charge in [-0.25, -0.2) is 0 Å². The van der Waals surface area contributed by atoms with Gasteiger partial charge >= 0.3 is 11.9 Å². The monoisotopic (exact) mass is 848 g/mol. The molecule has 0 aliphatic rings. The van der Waals surface area contributed by atoms with E-state index in [2.05, 4.69) is 38.2 Å².